The van der Waals surface area contributed by atoms with Crippen molar-refractivity contribution < 1.29 is 14.6 Å². The van der Waals surface area contributed by atoms with Crippen molar-refractivity contribution in [3.8, 4) is 0 Å². The molecule has 0 aliphatic rings. The molecule has 0 heterocycles. The molecule has 3 aromatic rings. The van der Waals surface area contributed by atoms with Crippen LogP contribution in [0.1, 0.15) is 10.4 Å². The zero-order chi connectivity index (χ0) is 21.7. The Balaban J connectivity index is 1.98. The van der Waals surface area contributed by atoms with Crippen molar-refractivity contribution in [1.82, 2.24) is 0 Å². The summed E-state index contributed by atoms with van der Waals surface area (Å²) in [6.45, 7) is 0. The Bertz CT molecular complexity index is 1130. The Labute approximate surface area is 175 Å². The van der Waals surface area contributed by atoms with Gasteiger partial charge in [0.05, 0.1) is 31.8 Å². The normalized spacial score (nSPS) is 10.7. The van der Waals surface area contributed by atoms with Gasteiger partial charge in [-0.3, -0.25) is 29.9 Å². The first-order chi connectivity index (χ1) is 14.4. The van der Waals surface area contributed by atoms with E-state index in [1.54, 1.807) is 24.3 Å². The summed E-state index contributed by atoms with van der Waals surface area (Å²) in [5.41, 5.74) is 0.702. The maximum absolute atomic E-state index is 13.1. The van der Waals surface area contributed by atoms with E-state index in [1.807, 2.05) is 0 Å². The summed E-state index contributed by atoms with van der Waals surface area (Å²) in [7, 11) is 0. The van der Waals surface area contributed by atoms with Crippen molar-refractivity contribution >= 4 is 46.6 Å². The number of rotatable bonds is 6. The molecule has 0 unspecified atom stereocenters. The van der Waals surface area contributed by atoms with Crippen molar-refractivity contribution in [3.63, 3.8) is 0 Å². The van der Waals surface area contributed by atoms with Crippen LogP contribution in [0.15, 0.2) is 77.8 Å². The van der Waals surface area contributed by atoms with E-state index in [0.717, 1.165) is 0 Å². The molecule has 3 aromatic carbocycles. The lowest BCUT2D eigenvalue weighted by Gasteiger charge is -2.18. The molecule has 0 radical (unpaired) electrons. The lowest BCUT2D eigenvalue weighted by molar-refractivity contribution is -0.385. The van der Waals surface area contributed by atoms with Crippen LogP contribution in [-0.2, 0) is 0 Å². The molecule has 9 nitrogen and oxygen atoms in total. The van der Waals surface area contributed by atoms with Crippen LogP contribution in [-0.4, -0.2) is 22.1 Å². The molecule has 0 aliphatic heterocycles. The number of benzene rings is 3. The van der Waals surface area contributed by atoms with Gasteiger partial charge < -0.3 is 0 Å². The van der Waals surface area contributed by atoms with E-state index in [2.05, 4.69) is 4.99 Å². The Kier molecular flexibility index (Phi) is 6.14. The minimum Gasteiger partial charge on any atom is -0.268 e. The number of carbonyl (C=O) groups is 1. The van der Waals surface area contributed by atoms with Crippen LogP contribution in [0.3, 0.4) is 0 Å². The van der Waals surface area contributed by atoms with Crippen molar-refractivity contribution in [2.75, 3.05) is 4.90 Å². The molecule has 0 bridgehead atoms. The number of aliphatic imine (C=N–C) groups is 1. The molecule has 0 spiro atoms. The predicted octanol–water partition coefficient (Wildman–Crippen LogP) is 5.16. The maximum Gasteiger partial charge on any atom is 0.269 e. The van der Waals surface area contributed by atoms with Crippen LogP contribution in [0.2, 0.25) is 5.02 Å². The highest BCUT2D eigenvalue weighted by Gasteiger charge is 2.19. The van der Waals surface area contributed by atoms with Gasteiger partial charge in [-0.05, 0) is 36.4 Å². The number of nitro benzene ring substituents is 2. The number of hydrogen-bond acceptors (Lipinski definition) is 6. The SMILES string of the molecule is O=C(c1ccccc1Cl)N(C=Nc1ccc([N+](=O)[O-])cc1)c1ccc([N+](=O)[O-])cc1. The highest BCUT2D eigenvalue weighted by molar-refractivity contribution is 6.35. The third kappa shape index (κ3) is 4.65. The molecule has 0 aromatic heterocycles. The minimum atomic E-state index is -0.547. The van der Waals surface area contributed by atoms with E-state index in [-0.39, 0.29) is 22.0 Å². The number of hydrogen-bond donors (Lipinski definition) is 0. The molecule has 0 N–H and O–H groups in total. The molecule has 0 fully saturated rings. The van der Waals surface area contributed by atoms with Gasteiger partial charge in [0.25, 0.3) is 17.3 Å². The van der Waals surface area contributed by atoms with Gasteiger partial charge in [-0.1, -0.05) is 23.7 Å². The number of carbonyl (C=O) groups excluding carboxylic acids is 1. The second-order valence-electron chi connectivity index (χ2n) is 5.95. The van der Waals surface area contributed by atoms with Crippen molar-refractivity contribution in [3.05, 3.63) is 104 Å². The van der Waals surface area contributed by atoms with Gasteiger partial charge >= 0.3 is 0 Å². The van der Waals surface area contributed by atoms with Crippen molar-refractivity contribution in [1.29, 1.82) is 0 Å². The Morgan fingerprint density at radius 2 is 1.40 bits per heavy atom. The number of nitro groups is 2. The third-order valence-electron chi connectivity index (χ3n) is 4.04. The van der Waals surface area contributed by atoms with E-state index < -0.39 is 15.8 Å². The fourth-order valence-corrected chi connectivity index (χ4v) is 2.74. The van der Waals surface area contributed by atoms with Crippen LogP contribution in [0, 0.1) is 20.2 Å². The Morgan fingerprint density at radius 3 is 1.93 bits per heavy atom. The van der Waals surface area contributed by atoms with Gasteiger partial charge in [0.15, 0.2) is 0 Å². The van der Waals surface area contributed by atoms with Gasteiger partial charge in [0.1, 0.15) is 6.34 Å². The second kappa shape index (κ2) is 8.93. The van der Waals surface area contributed by atoms with Gasteiger partial charge in [0, 0.05) is 24.3 Å². The van der Waals surface area contributed by atoms with E-state index >= 15 is 0 Å². The van der Waals surface area contributed by atoms with Crippen LogP contribution >= 0.6 is 11.6 Å². The molecule has 10 heteroatoms. The summed E-state index contributed by atoms with van der Waals surface area (Å²) >= 11 is 6.14. The number of amides is 1. The molecule has 150 valence electrons. The average Bonchev–Trinajstić information content (AvgIpc) is 2.74. The number of halogens is 1. The number of anilines is 1. The summed E-state index contributed by atoms with van der Waals surface area (Å²) < 4.78 is 0. The summed E-state index contributed by atoms with van der Waals surface area (Å²) in [6, 6.07) is 17.2. The van der Waals surface area contributed by atoms with Gasteiger partial charge in [-0.25, -0.2) is 4.99 Å². The molecule has 30 heavy (non-hydrogen) atoms. The molecular formula is C20H13ClN4O5. The third-order valence-corrected chi connectivity index (χ3v) is 4.37. The fourth-order valence-electron chi connectivity index (χ4n) is 2.52. The largest absolute Gasteiger partial charge is 0.269 e. The van der Waals surface area contributed by atoms with Gasteiger partial charge in [-0.2, -0.15) is 0 Å². The first-order valence-corrected chi connectivity index (χ1v) is 8.86. The highest BCUT2D eigenvalue weighted by atomic mass is 35.5. The Hall–Kier alpha value is -4.11. The van der Waals surface area contributed by atoms with E-state index in [1.165, 1.54) is 59.8 Å². The van der Waals surface area contributed by atoms with E-state index in [4.69, 9.17) is 11.6 Å². The molecule has 1 amide bonds. The van der Waals surface area contributed by atoms with E-state index in [0.29, 0.717) is 11.4 Å². The zero-order valence-electron chi connectivity index (χ0n) is 15.2. The smallest absolute Gasteiger partial charge is 0.268 e. The average molecular weight is 425 g/mol. The van der Waals surface area contributed by atoms with Crippen LogP contribution in [0.4, 0.5) is 22.7 Å². The lowest BCUT2D eigenvalue weighted by Crippen LogP contribution is -2.29. The molecule has 0 saturated carbocycles. The van der Waals surface area contributed by atoms with E-state index in [9.17, 15) is 25.0 Å². The lowest BCUT2D eigenvalue weighted by atomic mass is 10.2. The first-order valence-electron chi connectivity index (χ1n) is 8.48. The van der Waals surface area contributed by atoms with Crippen LogP contribution in [0.5, 0.6) is 0 Å². The minimum absolute atomic E-state index is 0.0895. The number of nitrogens with zero attached hydrogens (tertiary/aromatic N) is 4. The summed E-state index contributed by atoms with van der Waals surface area (Å²) in [6.07, 6.45) is 1.23. The maximum atomic E-state index is 13.1. The van der Waals surface area contributed by atoms with Crippen molar-refractivity contribution in [2.45, 2.75) is 0 Å². The molecule has 0 saturated heterocycles. The summed E-state index contributed by atoms with van der Waals surface area (Å²) in [5, 5.41) is 21.9. The molecule has 0 atom stereocenters. The van der Waals surface area contributed by atoms with Gasteiger partial charge in [0.2, 0.25) is 0 Å². The quantitative estimate of drug-likeness (QED) is 0.234. The monoisotopic (exact) mass is 424 g/mol. The topological polar surface area (TPSA) is 119 Å². The predicted molar refractivity (Wildman–Crippen MR) is 113 cm³/mol. The number of non-ortho nitro benzene ring substituents is 2. The standard InChI is InChI=1S/C20H13ClN4O5/c21-19-4-2-1-3-18(19)20(26)23(15-9-11-17(12-10-15)25(29)30)13-22-14-5-7-16(8-6-14)24(27)28/h1-13H. The van der Waals surface area contributed by atoms with Crippen LogP contribution < -0.4 is 4.90 Å². The first kappa shape index (κ1) is 20.6. The molecule has 0 aliphatic carbocycles. The highest BCUT2D eigenvalue weighted by Crippen LogP contribution is 2.24. The summed E-state index contributed by atoms with van der Waals surface area (Å²) in [4.78, 5) is 39.1. The molecule has 3 rings (SSSR count). The van der Waals surface area contributed by atoms with Crippen LogP contribution in [0.25, 0.3) is 0 Å². The van der Waals surface area contributed by atoms with Gasteiger partial charge in [-0.15, -0.1) is 0 Å². The summed E-state index contributed by atoms with van der Waals surface area (Å²) in [5.74, 6) is -0.500. The van der Waals surface area contributed by atoms with Crippen molar-refractivity contribution in [2.24, 2.45) is 4.99 Å². The fraction of sp³-hybridized carbons (Fsp3) is 0. The Morgan fingerprint density at radius 1 is 0.867 bits per heavy atom. The zero-order valence-corrected chi connectivity index (χ0v) is 16.0. The molecular weight excluding hydrogens is 412 g/mol. The second-order valence-corrected chi connectivity index (χ2v) is 6.35.